The topological polar surface area (TPSA) is 75.4 Å². The lowest BCUT2D eigenvalue weighted by Gasteiger charge is -2.25. The van der Waals surface area contributed by atoms with Gasteiger partial charge in [-0.05, 0) is 12.8 Å². The van der Waals surface area contributed by atoms with Gasteiger partial charge in [-0.25, -0.2) is 4.79 Å². The van der Waals surface area contributed by atoms with E-state index in [0.29, 0.717) is 0 Å². The second kappa shape index (κ2) is 3.77. The van der Waals surface area contributed by atoms with Crippen molar-refractivity contribution in [2.45, 2.75) is 26.3 Å². The minimum Gasteiger partial charge on any atom is -0.392 e. The van der Waals surface area contributed by atoms with Crippen LogP contribution in [0.1, 0.15) is 20.8 Å². The molecule has 0 aliphatic carbocycles. The van der Waals surface area contributed by atoms with Crippen molar-refractivity contribution >= 4 is 29.1 Å². The van der Waals surface area contributed by atoms with Crippen molar-refractivity contribution in [3.05, 3.63) is 0 Å². The number of rotatable bonds is 3. The van der Waals surface area contributed by atoms with Crippen molar-refractivity contribution in [2.75, 3.05) is 6.54 Å². The molecule has 0 bridgehead atoms. The molecule has 1 saturated heterocycles. The van der Waals surface area contributed by atoms with Gasteiger partial charge in [0.15, 0.2) is 0 Å². The highest BCUT2D eigenvalue weighted by atomic mass is 32.1. The smallest absolute Gasteiger partial charge is 0.325 e. The fourth-order valence-electron chi connectivity index (χ4n) is 1.41. The number of nitrogens with zero attached hydrogens (tertiary/aromatic N) is 1. The molecule has 3 amide bonds. The zero-order chi connectivity index (χ0) is 11.8. The Morgan fingerprint density at radius 3 is 2.47 bits per heavy atom. The molecular formula is C9H15N3O2S. The van der Waals surface area contributed by atoms with Crippen LogP contribution >= 0.6 is 12.2 Å². The van der Waals surface area contributed by atoms with Gasteiger partial charge >= 0.3 is 6.03 Å². The summed E-state index contributed by atoms with van der Waals surface area (Å²) in [7, 11) is 0. The standard InChI is InChI=1S/C9H15N3O2S/c1-5(2)9(3)7(13)12(4-6(10)15)8(14)11-9/h5H,4H2,1-3H3,(H2,10,15)(H,11,14). The summed E-state index contributed by atoms with van der Waals surface area (Å²) in [6, 6.07) is -0.427. The monoisotopic (exact) mass is 229 g/mol. The molecule has 0 aromatic carbocycles. The summed E-state index contributed by atoms with van der Waals surface area (Å²) in [4.78, 5) is 24.6. The quantitative estimate of drug-likeness (QED) is 0.537. The highest BCUT2D eigenvalue weighted by Crippen LogP contribution is 2.24. The number of nitrogens with two attached hydrogens (primary N) is 1. The van der Waals surface area contributed by atoms with Crippen LogP contribution in [0.2, 0.25) is 0 Å². The highest BCUT2D eigenvalue weighted by molar-refractivity contribution is 7.80. The normalized spacial score (nSPS) is 26.0. The van der Waals surface area contributed by atoms with Crippen LogP contribution in [-0.2, 0) is 4.79 Å². The van der Waals surface area contributed by atoms with Gasteiger partial charge in [0.05, 0.1) is 11.5 Å². The van der Waals surface area contributed by atoms with Crippen molar-refractivity contribution in [1.82, 2.24) is 10.2 Å². The molecule has 15 heavy (non-hydrogen) atoms. The lowest BCUT2D eigenvalue weighted by atomic mass is 9.88. The molecule has 1 atom stereocenters. The maximum Gasteiger partial charge on any atom is 0.325 e. The van der Waals surface area contributed by atoms with E-state index in [1.54, 1.807) is 6.92 Å². The summed E-state index contributed by atoms with van der Waals surface area (Å²) in [6.45, 7) is 5.46. The summed E-state index contributed by atoms with van der Waals surface area (Å²) in [5.74, 6) is -0.249. The van der Waals surface area contributed by atoms with Crippen molar-refractivity contribution in [3.63, 3.8) is 0 Å². The van der Waals surface area contributed by atoms with Crippen molar-refractivity contribution < 1.29 is 9.59 Å². The van der Waals surface area contributed by atoms with Gasteiger partial charge in [-0.3, -0.25) is 9.69 Å². The molecule has 0 saturated carbocycles. The van der Waals surface area contributed by atoms with Gasteiger partial charge in [0, 0.05) is 0 Å². The van der Waals surface area contributed by atoms with Crippen molar-refractivity contribution in [3.8, 4) is 0 Å². The number of carbonyl (C=O) groups is 2. The fraction of sp³-hybridized carbons (Fsp3) is 0.667. The van der Waals surface area contributed by atoms with Crippen LogP contribution in [0.3, 0.4) is 0 Å². The first-order valence-corrected chi connectivity index (χ1v) is 5.12. The Hall–Kier alpha value is -1.17. The van der Waals surface area contributed by atoms with Crippen molar-refractivity contribution in [1.29, 1.82) is 0 Å². The van der Waals surface area contributed by atoms with Gasteiger partial charge in [-0.2, -0.15) is 0 Å². The molecule has 0 radical (unpaired) electrons. The number of amides is 3. The number of urea groups is 1. The van der Waals surface area contributed by atoms with Crippen LogP contribution in [0.5, 0.6) is 0 Å². The predicted octanol–water partition coefficient (Wildman–Crippen LogP) is 0.239. The summed E-state index contributed by atoms with van der Waals surface area (Å²) in [5, 5.41) is 2.66. The van der Waals surface area contributed by atoms with E-state index in [0.717, 1.165) is 4.90 Å². The van der Waals surface area contributed by atoms with E-state index < -0.39 is 11.6 Å². The molecule has 0 aromatic heterocycles. The summed E-state index contributed by atoms with van der Waals surface area (Å²) in [5.41, 5.74) is 4.47. The minimum atomic E-state index is -0.845. The van der Waals surface area contributed by atoms with E-state index >= 15 is 0 Å². The molecule has 1 rings (SSSR count). The van der Waals surface area contributed by atoms with Gasteiger partial charge in [0.25, 0.3) is 5.91 Å². The van der Waals surface area contributed by atoms with Gasteiger partial charge in [0.1, 0.15) is 5.54 Å². The molecule has 0 spiro atoms. The second-order valence-corrected chi connectivity index (χ2v) is 4.67. The molecule has 1 aliphatic heterocycles. The zero-order valence-electron chi connectivity index (χ0n) is 9.03. The average molecular weight is 229 g/mol. The SMILES string of the molecule is CC(C)C1(C)NC(=O)N(CC(N)=S)C1=O. The van der Waals surface area contributed by atoms with Gasteiger partial charge < -0.3 is 11.1 Å². The Kier molecular flexibility index (Phi) is 2.99. The zero-order valence-corrected chi connectivity index (χ0v) is 9.85. The molecule has 1 heterocycles. The van der Waals surface area contributed by atoms with Gasteiger partial charge in [0.2, 0.25) is 0 Å². The highest BCUT2D eigenvalue weighted by Gasteiger charge is 2.49. The molecule has 1 fully saturated rings. The first-order valence-electron chi connectivity index (χ1n) is 4.71. The van der Waals surface area contributed by atoms with Crippen LogP contribution in [0, 0.1) is 5.92 Å². The Balaban J connectivity index is 2.93. The van der Waals surface area contributed by atoms with E-state index in [2.05, 4.69) is 17.5 Å². The maximum atomic E-state index is 11.9. The fourth-order valence-corrected chi connectivity index (χ4v) is 1.54. The van der Waals surface area contributed by atoms with Crippen LogP contribution in [0.4, 0.5) is 4.79 Å². The minimum absolute atomic E-state index is 0.00229. The van der Waals surface area contributed by atoms with Gasteiger partial charge in [-0.1, -0.05) is 26.1 Å². The Morgan fingerprint density at radius 1 is 1.60 bits per heavy atom. The number of imide groups is 1. The number of thiocarbonyl (C=S) groups is 1. The van der Waals surface area contributed by atoms with Crippen LogP contribution in [0.15, 0.2) is 0 Å². The molecule has 6 heteroatoms. The molecular weight excluding hydrogens is 214 g/mol. The number of hydrogen-bond acceptors (Lipinski definition) is 3. The summed E-state index contributed by atoms with van der Waals surface area (Å²) in [6.07, 6.45) is 0. The first-order chi connectivity index (χ1) is 6.79. The third-order valence-corrected chi connectivity index (χ3v) is 2.90. The molecule has 1 unspecified atom stereocenters. The Bertz CT molecular complexity index is 329. The summed E-state index contributed by atoms with van der Waals surface area (Å²) < 4.78 is 0. The average Bonchev–Trinajstić information content (AvgIpc) is 2.30. The van der Waals surface area contributed by atoms with E-state index in [4.69, 9.17) is 5.73 Å². The van der Waals surface area contributed by atoms with Crippen LogP contribution in [-0.4, -0.2) is 33.9 Å². The first kappa shape index (κ1) is 11.9. The maximum absolute atomic E-state index is 11.9. The molecule has 84 valence electrons. The van der Waals surface area contributed by atoms with Crippen molar-refractivity contribution in [2.24, 2.45) is 11.7 Å². The molecule has 5 nitrogen and oxygen atoms in total. The number of hydrogen-bond donors (Lipinski definition) is 2. The number of carbonyl (C=O) groups excluding carboxylic acids is 2. The van der Waals surface area contributed by atoms with E-state index in [1.165, 1.54) is 0 Å². The Morgan fingerprint density at radius 2 is 2.13 bits per heavy atom. The predicted molar refractivity (Wildman–Crippen MR) is 60.3 cm³/mol. The third-order valence-electron chi connectivity index (χ3n) is 2.77. The van der Waals surface area contributed by atoms with E-state index in [1.807, 2.05) is 13.8 Å². The second-order valence-electron chi connectivity index (χ2n) is 4.14. The van der Waals surface area contributed by atoms with E-state index in [9.17, 15) is 9.59 Å². The molecule has 3 N–H and O–H groups in total. The van der Waals surface area contributed by atoms with Gasteiger partial charge in [-0.15, -0.1) is 0 Å². The summed E-state index contributed by atoms with van der Waals surface area (Å²) >= 11 is 4.68. The third kappa shape index (κ3) is 1.94. The largest absolute Gasteiger partial charge is 0.392 e. The van der Waals surface area contributed by atoms with Crippen LogP contribution < -0.4 is 11.1 Å². The lowest BCUT2D eigenvalue weighted by Crippen LogP contribution is -2.48. The van der Waals surface area contributed by atoms with Crippen LogP contribution in [0.25, 0.3) is 0 Å². The number of nitrogens with one attached hydrogen (secondary N) is 1. The van der Waals surface area contributed by atoms with E-state index in [-0.39, 0.29) is 23.4 Å². The molecule has 1 aliphatic rings. The lowest BCUT2D eigenvalue weighted by molar-refractivity contribution is -0.131. The Labute approximate surface area is 94.0 Å². The molecule has 0 aromatic rings.